The lowest BCUT2D eigenvalue weighted by molar-refractivity contribution is -0.207. The fraction of sp³-hybridized carbons (Fsp3) is 0.667. The zero-order valence-corrected chi connectivity index (χ0v) is 16.0. The molecule has 1 aliphatic rings. The third-order valence-electron chi connectivity index (χ3n) is 4.65. The van der Waals surface area contributed by atoms with Crippen LogP contribution in [0.15, 0.2) is 18.2 Å². The number of esters is 1. The number of ether oxygens (including phenoxy) is 3. The Balaban J connectivity index is 1.83. The standard InChI is InChI=1S/C21H31FO4/c1-3-5-7-8-9-16-14-25-21(26-15-16)18-11-10-17(13-19(18)22)20(23)24-12-6-4-2/h10-11,13,16,21H,3-9,12,14-15H2,1-2H3. The largest absolute Gasteiger partial charge is 0.462 e. The highest BCUT2D eigenvalue weighted by Crippen LogP contribution is 2.29. The molecule has 0 N–H and O–H groups in total. The van der Waals surface area contributed by atoms with Gasteiger partial charge in [-0.05, 0) is 25.0 Å². The minimum atomic E-state index is -0.702. The average molecular weight is 366 g/mol. The summed E-state index contributed by atoms with van der Waals surface area (Å²) in [5, 5.41) is 0. The van der Waals surface area contributed by atoms with Gasteiger partial charge in [-0.25, -0.2) is 9.18 Å². The van der Waals surface area contributed by atoms with Gasteiger partial charge in [0.2, 0.25) is 0 Å². The maximum atomic E-state index is 14.4. The molecule has 0 spiro atoms. The molecule has 0 aliphatic carbocycles. The molecule has 2 rings (SSSR count). The van der Waals surface area contributed by atoms with Crippen LogP contribution in [0.25, 0.3) is 0 Å². The van der Waals surface area contributed by atoms with Gasteiger partial charge >= 0.3 is 5.97 Å². The van der Waals surface area contributed by atoms with E-state index in [9.17, 15) is 9.18 Å². The van der Waals surface area contributed by atoms with Gasteiger partial charge in [-0.2, -0.15) is 0 Å². The fourth-order valence-corrected chi connectivity index (χ4v) is 2.99. The van der Waals surface area contributed by atoms with Crippen molar-refractivity contribution < 1.29 is 23.4 Å². The highest BCUT2D eigenvalue weighted by atomic mass is 19.1. The van der Waals surface area contributed by atoms with Crippen molar-refractivity contribution in [3.8, 4) is 0 Å². The van der Waals surface area contributed by atoms with Gasteiger partial charge < -0.3 is 14.2 Å². The van der Waals surface area contributed by atoms with E-state index in [0.717, 1.165) is 19.3 Å². The number of rotatable bonds is 10. The summed E-state index contributed by atoms with van der Waals surface area (Å²) in [6, 6.07) is 4.32. The Hall–Kier alpha value is -1.46. The molecule has 0 atom stereocenters. The van der Waals surface area contributed by atoms with Crippen molar-refractivity contribution in [2.24, 2.45) is 5.92 Å². The van der Waals surface area contributed by atoms with Gasteiger partial charge in [-0.3, -0.25) is 0 Å². The summed E-state index contributed by atoms with van der Waals surface area (Å²) in [6.07, 6.45) is 7.02. The quantitative estimate of drug-likeness (QED) is 0.410. The number of carbonyl (C=O) groups excluding carboxylic acids is 1. The van der Waals surface area contributed by atoms with Crippen LogP contribution in [0.3, 0.4) is 0 Å². The molecule has 0 amide bonds. The lowest BCUT2D eigenvalue weighted by atomic mass is 10.0. The number of unbranched alkanes of at least 4 members (excludes halogenated alkanes) is 4. The van der Waals surface area contributed by atoms with E-state index in [-0.39, 0.29) is 5.56 Å². The van der Waals surface area contributed by atoms with E-state index >= 15 is 0 Å². The van der Waals surface area contributed by atoms with Gasteiger partial charge in [0.05, 0.1) is 25.4 Å². The zero-order valence-electron chi connectivity index (χ0n) is 16.0. The summed E-state index contributed by atoms with van der Waals surface area (Å²) >= 11 is 0. The molecule has 0 saturated carbocycles. The van der Waals surface area contributed by atoms with Crippen molar-refractivity contribution in [3.63, 3.8) is 0 Å². The summed E-state index contributed by atoms with van der Waals surface area (Å²) in [4.78, 5) is 11.9. The first kappa shape index (κ1) is 20.8. The van der Waals surface area contributed by atoms with Gasteiger partial charge in [0.15, 0.2) is 6.29 Å². The Labute approximate surface area is 156 Å². The molecule has 1 aromatic rings. The predicted octanol–water partition coefficient (Wildman–Crippen LogP) is 5.41. The van der Waals surface area contributed by atoms with E-state index in [1.807, 2.05) is 6.92 Å². The van der Waals surface area contributed by atoms with Gasteiger partial charge in [-0.15, -0.1) is 0 Å². The molecule has 26 heavy (non-hydrogen) atoms. The normalized spacial score (nSPS) is 20.1. The second-order valence-corrected chi connectivity index (χ2v) is 6.94. The second-order valence-electron chi connectivity index (χ2n) is 6.94. The summed E-state index contributed by atoms with van der Waals surface area (Å²) in [7, 11) is 0. The molecular weight excluding hydrogens is 335 g/mol. The number of hydrogen-bond acceptors (Lipinski definition) is 4. The van der Waals surface area contributed by atoms with Crippen LogP contribution >= 0.6 is 0 Å². The topological polar surface area (TPSA) is 44.8 Å². The highest BCUT2D eigenvalue weighted by Gasteiger charge is 2.26. The molecular formula is C21H31FO4. The summed E-state index contributed by atoms with van der Waals surface area (Å²) in [6.45, 7) is 5.73. The van der Waals surface area contributed by atoms with Crippen LogP contribution < -0.4 is 0 Å². The molecule has 4 nitrogen and oxygen atoms in total. The Morgan fingerprint density at radius 1 is 1.12 bits per heavy atom. The molecule has 0 aromatic heterocycles. The SMILES string of the molecule is CCCCCCC1COC(c2ccc(C(=O)OCCCC)cc2F)OC1. The number of halogens is 1. The van der Waals surface area contributed by atoms with Crippen LogP contribution in [0.2, 0.25) is 0 Å². The van der Waals surface area contributed by atoms with Gasteiger partial charge in [-0.1, -0.05) is 52.0 Å². The second kappa shape index (κ2) is 11.3. The molecule has 0 radical (unpaired) electrons. The van der Waals surface area contributed by atoms with E-state index in [4.69, 9.17) is 14.2 Å². The first-order chi connectivity index (χ1) is 12.7. The van der Waals surface area contributed by atoms with E-state index in [0.29, 0.717) is 31.3 Å². The number of hydrogen-bond donors (Lipinski definition) is 0. The number of carbonyl (C=O) groups is 1. The summed E-state index contributed by atoms with van der Waals surface area (Å²) < 4.78 is 30.9. The Morgan fingerprint density at radius 2 is 1.85 bits per heavy atom. The third-order valence-corrected chi connectivity index (χ3v) is 4.65. The van der Waals surface area contributed by atoms with Gasteiger partial charge in [0.1, 0.15) is 5.82 Å². The van der Waals surface area contributed by atoms with E-state index < -0.39 is 18.1 Å². The molecule has 1 aromatic carbocycles. The van der Waals surface area contributed by atoms with Crippen LogP contribution in [-0.4, -0.2) is 25.8 Å². The lowest BCUT2D eigenvalue weighted by Gasteiger charge is -2.30. The fourth-order valence-electron chi connectivity index (χ4n) is 2.99. The van der Waals surface area contributed by atoms with Crippen LogP contribution in [0.4, 0.5) is 4.39 Å². The molecule has 0 unspecified atom stereocenters. The first-order valence-electron chi connectivity index (χ1n) is 9.85. The van der Waals surface area contributed by atoms with Gasteiger partial charge in [0, 0.05) is 11.5 Å². The van der Waals surface area contributed by atoms with Crippen molar-refractivity contribution in [1.82, 2.24) is 0 Å². The van der Waals surface area contributed by atoms with Gasteiger partial charge in [0.25, 0.3) is 0 Å². The monoisotopic (exact) mass is 366 g/mol. The van der Waals surface area contributed by atoms with Crippen molar-refractivity contribution in [3.05, 3.63) is 35.1 Å². The predicted molar refractivity (Wildman–Crippen MR) is 98.5 cm³/mol. The molecule has 1 heterocycles. The third kappa shape index (κ3) is 6.36. The summed E-state index contributed by atoms with van der Waals surface area (Å²) in [5.41, 5.74) is 0.548. The maximum absolute atomic E-state index is 14.4. The van der Waals surface area contributed by atoms with E-state index in [1.165, 1.54) is 31.7 Å². The first-order valence-corrected chi connectivity index (χ1v) is 9.85. The molecule has 1 aliphatic heterocycles. The average Bonchev–Trinajstić information content (AvgIpc) is 2.66. The van der Waals surface area contributed by atoms with Crippen molar-refractivity contribution in [1.29, 1.82) is 0 Å². The van der Waals surface area contributed by atoms with Crippen LogP contribution in [0.5, 0.6) is 0 Å². The Bertz CT molecular complexity index is 553. The van der Waals surface area contributed by atoms with E-state index in [2.05, 4.69) is 6.92 Å². The highest BCUT2D eigenvalue weighted by molar-refractivity contribution is 5.89. The molecule has 1 saturated heterocycles. The smallest absolute Gasteiger partial charge is 0.338 e. The molecule has 0 bridgehead atoms. The van der Waals surface area contributed by atoms with Crippen LogP contribution in [0.1, 0.15) is 81.0 Å². The van der Waals surface area contributed by atoms with Crippen LogP contribution in [-0.2, 0) is 14.2 Å². The number of benzene rings is 1. The Kier molecular flexibility index (Phi) is 9.06. The van der Waals surface area contributed by atoms with E-state index in [1.54, 1.807) is 12.1 Å². The van der Waals surface area contributed by atoms with Crippen molar-refractivity contribution >= 4 is 5.97 Å². The minimum Gasteiger partial charge on any atom is -0.462 e. The molecule has 1 fully saturated rings. The molecule has 5 heteroatoms. The molecule has 146 valence electrons. The lowest BCUT2D eigenvalue weighted by Crippen LogP contribution is -2.27. The Morgan fingerprint density at radius 3 is 2.50 bits per heavy atom. The van der Waals surface area contributed by atoms with Crippen LogP contribution in [0, 0.1) is 11.7 Å². The maximum Gasteiger partial charge on any atom is 0.338 e. The van der Waals surface area contributed by atoms with Crippen molar-refractivity contribution in [2.75, 3.05) is 19.8 Å². The summed E-state index contributed by atoms with van der Waals surface area (Å²) in [5.74, 6) is -0.623. The zero-order chi connectivity index (χ0) is 18.8. The van der Waals surface area contributed by atoms with Crippen molar-refractivity contribution in [2.45, 2.75) is 65.1 Å². The minimum absolute atomic E-state index is 0.215.